The summed E-state index contributed by atoms with van der Waals surface area (Å²) in [6.07, 6.45) is 2.07. The standard InChI is InChI=1S/C14H19NO4/c16-14(17)11-2-1-3-13(10-11)19-9-6-15-12-4-7-18-8-5-12/h1-3,10,12,15H,4-9H2,(H,16,17). The molecule has 0 aromatic heterocycles. The van der Waals surface area contributed by atoms with E-state index in [4.69, 9.17) is 14.6 Å². The van der Waals surface area contributed by atoms with Gasteiger partial charge in [-0.2, -0.15) is 0 Å². The van der Waals surface area contributed by atoms with Gasteiger partial charge in [0, 0.05) is 25.8 Å². The third-order valence-electron chi connectivity index (χ3n) is 3.11. The van der Waals surface area contributed by atoms with Crippen LogP contribution >= 0.6 is 0 Å². The molecule has 1 saturated heterocycles. The predicted octanol–water partition coefficient (Wildman–Crippen LogP) is 1.53. The van der Waals surface area contributed by atoms with Crippen LogP contribution in [0, 0.1) is 0 Å². The maximum absolute atomic E-state index is 10.8. The van der Waals surface area contributed by atoms with Crippen molar-refractivity contribution in [2.24, 2.45) is 0 Å². The molecule has 5 heteroatoms. The van der Waals surface area contributed by atoms with Crippen molar-refractivity contribution in [1.29, 1.82) is 0 Å². The van der Waals surface area contributed by atoms with Crippen molar-refractivity contribution in [3.63, 3.8) is 0 Å². The zero-order valence-corrected chi connectivity index (χ0v) is 10.8. The van der Waals surface area contributed by atoms with Crippen molar-refractivity contribution in [3.05, 3.63) is 29.8 Å². The summed E-state index contributed by atoms with van der Waals surface area (Å²) in [5.41, 5.74) is 0.245. The molecule has 2 rings (SSSR count). The molecule has 1 aromatic rings. The normalized spacial score (nSPS) is 16.2. The molecule has 19 heavy (non-hydrogen) atoms. The first-order valence-corrected chi connectivity index (χ1v) is 6.53. The van der Waals surface area contributed by atoms with Crippen molar-refractivity contribution >= 4 is 5.97 Å². The van der Waals surface area contributed by atoms with Gasteiger partial charge in [0.15, 0.2) is 0 Å². The van der Waals surface area contributed by atoms with Crippen molar-refractivity contribution in [2.45, 2.75) is 18.9 Å². The minimum absolute atomic E-state index is 0.245. The lowest BCUT2D eigenvalue weighted by Crippen LogP contribution is -2.37. The number of carboxylic acids is 1. The zero-order valence-electron chi connectivity index (χ0n) is 10.8. The van der Waals surface area contributed by atoms with E-state index in [2.05, 4.69) is 5.32 Å². The number of ether oxygens (including phenoxy) is 2. The fraction of sp³-hybridized carbons (Fsp3) is 0.500. The van der Waals surface area contributed by atoms with Gasteiger partial charge in [-0.3, -0.25) is 0 Å². The summed E-state index contributed by atoms with van der Waals surface area (Å²) in [7, 11) is 0. The van der Waals surface area contributed by atoms with Crippen LogP contribution in [-0.2, 0) is 4.74 Å². The van der Waals surface area contributed by atoms with Crippen LogP contribution in [0.1, 0.15) is 23.2 Å². The molecule has 0 atom stereocenters. The first kappa shape index (κ1) is 13.8. The van der Waals surface area contributed by atoms with E-state index in [1.807, 2.05) is 0 Å². The molecule has 0 aliphatic carbocycles. The molecule has 0 amide bonds. The van der Waals surface area contributed by atoms with Crippen molar-refractivity contribution in [3.8, 4) is 5.75 Å². The van der Waals surface area contributed by atoms with Crippen LogP contribution in [0.15, 0.2) is 24.3 Å². The van der Waals surface area contributed by atoms with Crippen LogP contribution in [0.3, 0.4) is 0 Å². The van der Waals surface area contributed by atoms with Gasteiger partial charge in [-0.05, 0) is 31.0 Å². The molecule has 5 nitrogen and oxygen atoms in total. The number of aromatic carboxylic acids is 1. The van der Waals surface area contributed by atoms with Crippen molar-refractivity contribution < 1.29 is 19.4 Å². The summed E-state index contributed by atoms with van der Waals surface area (Å²) in [5, 5.41) is 12.3. The minimum Gasteiger partial charge on any atom is -0.492 e. The highest BCUT2D eigenvalue weighted by atomic mass is 16.5. The summed E-state index contributed by atoms with van der Waals surface area (Å²) in [5.74, 6) is -0.348. The number of carboxylic acid groups (broad SMARTS) is 1. The Morgan fingerprint density at radius 3 is 2.95 bits per heavy atom. The van der Waals surface area contributed by atoms with Crippen LogP contribution < -0.4 is 10.1 Å². The van der Waals surface area contributed by atoms with Gasteiger partial charge < -0.3 is 19.9 Å². The first-order valence-electron chi connectivity index (χ1n) is 6.53. The second-order valence-corrected chi connectivity index (χ2v) is 4.52. The molecule has 104 valence electrons. The monoisotopic (exact) mass is 265 g/mol. The van der Waals surface area contributed by atoms with E-state index < -0.39 is 5.97 Å². The predicted molar refractivity (Wildman–Crippen MR) is 70.7 cm³/mol. The summed E-state index contributed by atoms with van der Waals surface area (Å²) < 4.78 is 10.8. The maximum atomic E-state index is 10.8. The maximum Gasteiger partial charge on any atom is 0.335 e. The van der Waals surface area contributed by atoms with Crippen LogP contribution in [0.4, 0.5) is 0 Å². The van der Waals surface area contributed by atoms with Gasteiger partial charge in [-0.15, -0.1) is 0 Å². The largest absolute Gasteiger partial charge is 0.492 e. The number of carbonyl (C=O) groups is 1. The molecule has 2 N–H and O–H groups in total. The first-order chi connectivity index (χ1) is 9.25. The summed E-state index contributed by atoms with van der Waals surface area (Å²) in [6, 6.07) is 7.04. The number of hydrogen-bond acceptors (Lipinski definition) is 4. The van der Waals surface area contributed by atoms with E-state index in [-0.39, 0.29) is 5.56 Å². The van der Waals surface area contributed by atoms with E-state index in [0.29, 0.717) is 18.4 Å². The Hall–Kier alpha value is -1.59. The van der Waals surface area contributed by atoms with Crippen molar-refractivity contribution in [2.75, 3.05) is 26.4 Å². The lowest BCUT2D eigenvalue weighted by Gasteiger charge is -2.23. The van der Waals surface area contributed by atoms with Gasteiger partial charge in [0.05, 0.1) is 5.56 Å². The average Bonchev–Trinajstić information content (AvgIpc) is 2.45. The molecule has 1 aliphatic heterocycles. The van der Waals surface area contributed by atoms with Gasteiger partial charge in [0.25, 0.3) is 0 Å². The van der Waals surface area contributed by atoms with Crippen LogP contribution in [0.25, 0.3) is 0 Å². The highest BCUT2D eigenvalue weighted by molar-refractivity contribution is 5.87. The second kappa shape index (κ2) is 7.11. The topological polar surface area (TPSA) is 67.8 Å². The number of nitrogens with one attached hydrogen (secondary N) is 1. The molecular weight excluding hydrogens is 246 g/mol. The van der Waals surface area contributed by atoms with Gasteiger partial charge in [0.1, 0.15) is 12.4 Å². The van der Waals surface area contributed by atoms with Crippen LogP contribution in [-0.4, -0.2) is 43.5 Å². The molecule has 0 saturated carbocycles. The second-order valence-electron chi connectivity index (χ2n) is 4.52. The highest BCUT2D eigenvalue weighted by Gasteiger charge is 2.12. The average molecular weight is 265 g/mol. The van der Waals surface area contributed by atoms with E-state index in [9.17, 15) is 4.79 Å². The molecule has 1 heterocycles. The van der Waals surface area contributed by atoms with Gasteiger partial charge in [-0.1, -0.05) is 6.07 Å². The Labute approximate surface area is 112 Å². The molecule has 1 aliphatic rings. The molecule has 0 radical (unpaired) electrons. The number of rotatable bonds is 6. The summed E-state index contributed by atoms with van der Waals surface area (Å²) >= 11 is 0. The Morgan fingerprint density at radius 2 is 2.21 bits per heavy atom. The van der Waals surface area contributed by atoms with Gasteiger partial charge >= 0.3 is 5.97 Å². The van der Waals surface area contributed by atoms with Gasteiger partial charge in [-0.25, -0.2) is 4.79 Å². The number of hydrogen-bond donors (Lipinski definition) is 2. The molecule has 0 spiro atoms. The fourth-order valence-electron chi connectivity index (χ4n) is 2.05. The Balaban J connectivity index is 1.70. The minimum atomic E-state index is -0.939. The van der Waals surface area contributed by atoms with E-state index >= 15 is 0 Å². The van der Waals surface area contributed by atoms with E-state index in [1.165, 1.54) is 6.07 Å². The molecule has 0 bridgehead atoms. The lowest BCUT2D eigenvalue weighted by atomic mass is 10.1. The summed E-state index contributed by atoms with van der Waals surface area (Å²) in [4.78, 5) is 10.8. The number of benzene rings is 1. The lowest BCUT2D eigenvalue weighted by molar-refractivity contribution is 0.0696. The van der Waals surface area contributed by atoms with Crippen LogP contribution in [0.5, 0.6) is 5.75 Å². The van der Waals surface area contributed by atoms with E-state index in [1.54, 1.807) is 18.2 Å². The quantitative estimate of drug-likeness (QED) is 0.764. The third-order valence-corrected chi connectivity index (χ3v) is 3.11. The zero-order chi connectivity index (χ0) is 13.5. The Bertz CT molecular complexity index is 416. The SMILES string of the molecule is O=C(O)c1cccc(OCCNC2CCOCC2)c1. The molecule has 1 aromatic carbocycles. The van der Waals surface area contributed by atoms with Crippen molar-refractivity contribution in [1.82, 2.24) is 5.32 Å². The van der Waals surface area contributed by atoms with E-state index in [0.717, 1.165) is 32.6 Å². The fourth-order valence-corrected chi connectivity index (χ4v) is 2.05. The molecule has 0 unspecified atom stereocenters. The summed E-state index contributed by atoms with van der Waals surface area (Å²) in [6.45, 7) is 2.92. The third kappa shape index (κ3) is 4.54. The molecular formula is C14H19NO4. The molecule has 1 fully saturated rings. The highest BCUT2D eigenvalue weighted by Crippen LogP contribution is 2.13. The van der Waals surface area contributed by atoms with Gasteiger partial charge in [0.2, 0.25) is 0 Å². The van der Waals surface area contributed by atoms with Crippen LogP contribution in [0.2, 0.25) is 0 Å². The Morgan fingerprint density at radius 1 is 1.42 bits per heavy atom. The Kier molecular flexibility index (Phi) is 5.18. The smallest absolute Gasteiger partial charge is 0.335 e.